The molecule has 0 bridgehead atoms. The fourth-order valence-corrected chi connectivity index (χ4v) is 1.84. The summed E-state index contributed by atoms with van der Waals surface area (Å²) in [6, 6.07) is 0. The first-order chi connectivity index (χ1) is 6.18. The standard InChI is InChI=1S/C6H17O4P3/c7-3-1-2-6(8,4-9-11)5-10-13-12/h7-8,13H,1-5,11-12H2. The van der Waals surface area contributed by atoms with Crippen LogP contribution >= 0.6 is 26.9 Å². The van der Waals surface area contributed by atoms with Gasteiger partial charge in [0.2, 0.25) is 0 Å². The molecule has 0 aromatic rings. The van der Waals surface area contributed by atoms with E-state index >= 15 is 0 Å². The van der Waals surface area contributed by atoms with E-state index in [0.29, 0.717) is 12.8 Å². The van der Waals surface area contributed by atoms with Gasteiger partial charge in [-0.15, -0.1) is 0 Å². The third kappa shape index (κ3) is 7.11. The van der Waals surface area contributed by atoms with Gasteiger partial charge in [0.25, 0.3) is 0 Å². The second-order valence-electron chi connectivity index (χ2n) is 2.77. The molecule has 0 aliphatic carbocycles. The Morgan fingerprint density at radius 2 is 2.08 bits per heavy atom. The molecule has 0 heterocycles. The highest BCUT2D eigenvalue weighted by Crippen LogP contribution is 2.25. The Kier molecular flexibility index (Phi) is 9.17. The van der Waals surface area contributed by atoms with Gasteiger partial charge in [0, 0.05) is 24.6 Å². The summed E-state index contributed by atoms with van der Waals surface area (Å²) in [4.78, 5) is 0. The van der Waals surface area contributed by atoms with Crippen molar-refractivity contribution in [1.29, 1.82) is 0 Å². The molecule has 0 aliphatic heterocycles. The van der Waals surface area contributed by atoms with Gasteiger partial charge in [0.05, 0.1) is 13.2 Å². The lowest BCUT2D eigenvalue weighted by atomic mass is 10.0. The number of rotatable bonds is 8. The van der Waals surface area contributed by atoms with Crippen LogP contribution in [0.15, 0.2) is 0 Å². The van der Waals surface area contributed by atoms with Gasteiger partial charge < -0.3 is 19.3 Å². The molecule has 0 fully saturated rings. The Balaban J connectivity index is 3.84. The van der Waals surface area contributed by atoms with E-state index in [1.54, 1.807) is 0 Å². The van der Waals surface area contributed by atoms with Crippen molar-refractivity contribution >= 4 is 26.9 Å². The van der Waals surface area contributed by atoms with Gasteiger partial charge >= 0.3 is 0 Å². The summed E-state index contributed by atoms with van der Waals surface area (Å²) in [5.41, 5.74) is -0.978. The normalized spacial score (nSPS) is 16.6. The molecule has 0 aromatic carbocycles. The highest BCUT2D eigenvalue weighted by Gasteiger charge is 2.26. The van der Waals surface area contributed by atoms with Crippen molar-refractivity contribution in [2.24, 2.45) is 0 Å². The van der Waals surface area contributed by atoms with E-state index in [1.165, 1.54) is 0 Å². The smallest absolute Gasteiger partial charge is 0.112 e. The number of hydrogen-bond acceptors (Lipinski definition) is 4. The zero-order valence-corrected chi connectivity index (χ0v) is 10.7. The zero-order chi connectivity index (χ0) is 10.2. The Labute approximate surface area is 85.0 Å². The van der Waals surface area contributed by atoms with E-state index in [-0.39, 0.29) is 28.3 Å². The Bertz CT molecular complexity index is 116. The van der Waals surface area contributed by atoms with Crippen LogP contribution < -0.4 is 0 Å². The molecule has 0 radical (unpaired) electrons. The minimum Gasteiger partial charge on any atom is -0.396 e. The van der Waals surface area contributed by atoms with E-state index < -0.39 is 5.60 Å². The lowest BCUT2D eigenvalue weighted by Gasteiger charge is -2.26. The maximum absolute atomic E-state index is 9.89. The van der Waals surface area contributed by atoms with E-state index in [0.717, 1.165) is 0 Å². The monoisotopic (exact) mass is 246 g/mol. The fourth-order valence-electron chi connectivity index (χ4n) is 0.925. The van der Waals surface area contributed by atoms with Gasteiger partial charge in [-0.25, -0.2) is 0 Å². The average molecular weight is 246 g/mol. The summed E-state index contributed by atoms with van der Waals surface area (Å²) in [5.74, 6) is 0. The Hall–Kier alpha value is 1.13. The molecule has 0 spiro atoms. The molecule has 0 aromatic heterocycles. The number of aliphatic hydroxyl groups is 2. The summed E-state index contributed by atoms with van der Waals surface area (Å²) < 4.78 is 9.92. The Morgan fingerprint density at radius 3 is 2.54 bits per heavy atom. The highest BCUT2D eigenvalue weighted by molar-refractivity contribution is 8.00. The first-order valence-corrected chi connectivity index (χ1v) is 7.10. The molecule has 13 heavy (non-hydrogen) atoms. The van der Waals surface area contributed by atoms with Gasteiger partial charge in [-0.1, -0.05) is 8.93 Å². The molecular weight excluding hydrogens is 229 g/mol. The van der Waals surface area contributed by atoms with Crippen molar-refractivity contribution in [3.05, 3.63) is 0 Å². The van der Waals surface area contributed by atoms with E-state index in [4.69, 9.17) is 14.2 Å². The summed E-state index contributed by atoms with van der Waals surface area (Å²) >= 11 is 0. The Morgan fingerprint density at radius 1 is 1.38 bits per heavy atom. The van der Waals surface area contributed by atoms with Crippen molar-refractivity contribution in [3.8, 4) is 0 Å². The predicted molar refractivity (Wildman–Crippen MR) is 60.9 cm³/mol. The molecule has 0 saturated heterocycles. The van der Waals surface area contributed by atoms with Crippen LogP contribution in [0.3, 0.4) is 0 Å². The minimum atomic E-state index is -0.978. The summed E-state index contributed by atoms with van der Waals surface area (Å²) in [6.07, 6.45) is 1.03. The molecular formula is C6H17O4P3. The minimum absolute atomic E-state index is 0.0718. The molecule has 7 heteroatoms. The van der Waals surface area contributed by atoms with Crippen LogP contribution in [0.25, 0.3) is 0 Å². The molecule has 80 valence electrons. The zero-order valence-electron chi connectivity index (χ0n) is 7.40. The van der Waals surface area contributed by atoms with Crippen LogP contribution in [-0.4, -0.2) is 35.6 Å². The lowest BCUT2D eigenvalue weighted by molar-refractivity contribution is -0.0413. The van der Waals surface area contributed by atoms with Gasteiger partial charge in [-0.2, -0.15) is 0 Å². The first kappa shape index (κ1) is 14.1. The van der Waals surface area contributed by atoms with E-state index in [1.807, 2.05) is 0 Å². The molecule has 0 rings (SSSR count). The second kappa shape index (κ2) is 8.44. The molecule has 0 amide bonds. The summed E-state index contributed by atoms with van der Waals surface area (Å²) in [6.45, 7) is 0.512. The van der Waals surface area contributed by atoms with Crippen LogP contribution in [0.4, 0.5) is 0 Å². The van der Waals surface area contributed by atoms with Crippen LogP contribution in [-0.2, 0) is 9.05 Å². The summed E-state index contributed by atoms with van der Waals surface area (Å²) in [5, 5.41) is 18.5. The molecule has 4 atom stereocenters. The maximum atomic E-state index is 9.89. The quantitative estimate of drug-likeness (QED) is 0.619. The topological polar surface area (TPSA) is 58.9 Å². The average Bonchev–Trinajstić information content (AvgIpc) is 2.12. The third-order valence-corrected chi connectivity index (χ3v) is 2.55. The van der Waals surface area contributed by atoms with Crippen LogP contribution in [0.2, 0.25) is 0 Å². The van der Waals surface area contributed by atoms with E-state index in [9.17, 15) is 5.11 Å². The second-order valence-corrected chi connectivity index (χ2v) is 4.33. The molecule has 0 aliphatic rings. The van der Waals surface area contributed by atoms with Crippen molar-refractivity contribution in [2.45, 2.75) is 18.4 Å². The number of aliphatic hydroxyl groups excluding tert-OH is 1. The summed E-state index contributed by atoms with van der Waals surface area (Å²) in [7, 11) is 4.81. The first-order valence-electron chi connectivity index (χ1n) is 3.91. The van der Waals surface area contributed by atoms with Gasteiger partial charge in [0.15, 0.2) is 0 Å². The van der Waals surface area contributed by atoms with Crippen LogP contribution in [0.1, 0.15) is 12.8 Å². The highest BCUT2D eigenvalue weighted by atomic mass is 32.0. The largest absolute Gasteiger partial charge is 0.396 e. The number of hydrogen-bond donors (Lipinski definition) is 2. The van der Waals surface area contributed by atoms with Crippen molar-refractivity contribution in [1.82, 2.24) is 0 Å². The van der Waals surface area contributed by atoms with Gasteiger partial charge in [0.1, 0.15) is 5.60 Å². The molecule has 4 unspecified atom stereocenters. The van der Waals surface area contributed by atoms with Gasteiger partial charge in [-0.05, 0) is 12.8 Å². The van der Waals surface area contributed by atoms with E-state index in [2.05, 4.69) is 18.4 Å². The van der Waals surface area contributed by atoms with Crippen molar-refractivity contribution in [3.63, 3.8) is 0 Å². The maximum Gasteiger partial charge on any atom is 0.112 e. The predicted octanol–water partition coefficient (Wildman–Crippen LogP) is 0.697. The van der Waals surface area contributed by atoms with Crippen LogP contribution in [0.5, 0.6) is 0 Å². The molecule has 2 N–H and O–H groups in total. The molecule has 0 saturated carbocycles. The SMILES string of the molecule is OCCCC(O)(COP)COPP. The van der Waals surface area contributed by atoms with Crippen LogP contribution in [0, 0.1) is 0 Å². The molecule has 4 nitrogen and oxygen atoms in total. The lowest BCUT2D eigenvalue weighted by Crippen LogP contribution is -2.38. The van der Waals surface area contributed by atoms with Crippen molar-refractivity contribution in [2.75, 3.05) is 19.8 Å². The third-order valence-electron chi connectivity index (χ3n) is 1.58. The fraction of sp³-hybridized carbons (Fsp3) is 1.00. The van der Waals surface area contributed by atoms with Crippen molar-refractivity contribution < 1.29 is 19.3 Å². The van der Waals surface area contributed by atoms with Gasteiger partial charge in [-0.3, -0.25) is 0 Å².